The Morgan fingerprint density at radius 3 is 2.62 bits per heavy atom. The zero-order chi connectivity index (χ0) is 9.52. The second kappa shape index (κ2) is 6.39. The summed E-state index contributed by atoms with van der Waals surface area (Å²) >= 11 is 0. The van der Waals surface area contributed by atoms with Crippen molar-refractivity contribution in [2.75, 3.05) is 19.8 Å². The van der Waals surface area contributed by atoms with E-state index in [2.05, 4.69) is 19.2 Å². The van der Waals surface area contributed by atoms with Gasteiger partial charge in [0.05, 0.1) is 0 Å². The molecule has 0 aromatic heterocycles. The zero-order valence-corrected chi connectivity index (χ0v) is 9.01. The van der Waals surface area contributed by atoms with Crippen LogP contribution in [0.15, 0.2) is 0 Å². The van der Waals surface area contributed by atoms with Crippen molar-refractivity contribution in [2.45, 2.75) is 45.6 Å². The molecule has 1 N–H and O–H groups in total. The molecule has 0 saturated heterocycles. The molecule has 0 amide bonds. The molecule has 1 atom stereocenters. The maximum atomic E-state index is 5.50. The number of nitrogens with one attached hydrogen (secondary N) is 1. The van der Waals surface area contributed by atoms with Crippen molar-refractivity contribution in [1.29, 1.82) is 0 Å². The van der Waals surface area contributed by atoms with Crippen LogP contribution in [-0.4, -0.2) is 25.8 Å². The van der Waals surface area contributed by atoms with Crippen molar-refractivity contribution >= 4 is 0 Å². The minimum Gasteiger partial charge on any atom is -0.381 e. The number of rotatable bonds is 8. The van der Waals surface area contributed by atoms with E-state index in [0.717, 1.165) is 38.1 Å². The zero-order valence-electron chi connectivity index (χ0n) is 9.01. The Labute approximate surface area is 82.0 Å². The first-order valence-corrected chi connectivity index (χ1v) is 5.69. The molecule has 0 aliphatic heterocycles. The molecule has 0 radical (unpaired) electrons. The van der Waals surface area contributed by atoms with Gasteiger partial charge >= 0.3 is 0 Å². The summed E-state index contributed by atoms with van der Waals surface area (Å²) in [6.07, 6.45) is 5.17. The van der Waals surface area contributed by atoms with Gasteiger partial charge < -0.3 is 10.1 Å². The molecular weight excluding hydrogens is 162 g/mol. The van der Waals surface area contributed by atoms with Gasteiger partial charge in [0.1, 0.15) is 0 Å². The first kappa shape index (κ1) is 11.0. The molecule has 78 valence electrons. The van der Waals surface area contributed by atoms with Crippen molar-refractivity contribution in [3.63, 3.8) is 0 Å². The van der Waals surface area contributed by atoms with E-state index in [1.807, 2.05) is 0 Å². The topological polar surface area (TPSA) is 21.3 Å². The van der Waals surface area contributed by atoms with Crippen LogP contribution in [0.25, 0.3) is 0 Å². The van der Waals surface area contributed by atoms with Crippen molar-refractivity contribution in [2.24, 2.45) is 5.92 Å². The monoisotopic (exact) mass is 185 g/mol. The molecular formula is C11H23NO. The number of hydrogen-bond acceptors (Lipinski definition) is 2. The lowest BCUT2D eigenvalue weighted by Gasteiger charge is -2.16. The Morgan fingerprint density at radius 1 is 1.31 bits per heavy atom. The molecule has 1 saturated carbocycles. The highest BCUT2D eigenvalue weighted by Gasteiger charge is 2.29. The van der Waals surface area contributed by atoms with Gasteiger partial charge in [-0.05, 0) is 38.1 Å². The van der Waals surface area contributed by atoms with Crippen molar-refractivity contribution < 1.29 is 4.74 Å². The fourth-order valence-corrected chi connectivity index (χ4v) is 1.72. The third kappa shape index (κ3) is 4.63. The number of ether oxygens (including phenoxy) is 1. The molecule has 0 heterocycles. The second-order valence-corrected chi connectivity index (χ2v) is 3.90. The fraction of sp³-hybridized carbons (Fsp3) is 1.00. The molecule has 1 aliphatic rings. The van der Waals surface area contributed by atoms with Crippen LogP contribution in [0.4, 0.5) is 0 Å². The van der Waals surface area contributed by atoms with Gasteiger partial charge in [-0.1, -0.05) is 13.8 Å². The highest BCUT2D eigenvalue weighted by molar-refractivity contribution is 4.85. The molecule has 0 aromatic carbocycles. The predicted molar refractivity (Wildman–Crippen MR) is 55.9 cm³/mol. The lowest BCUT2D eigenvalue weighted by Crippen LogP contribution is -2.32. The Bertz CT molecular complexity index is 123. The Morgan fingerprint density at radius 2 is 2.08 bits per heavy atom. The van der Waals surface area contributed by atoms with Gasteiger partial charge in [0, 0.05) is 19.3 Å². The molecule has 0 bridgehead atoms. The van der Waals surface area contributed by atoms with Gasteiger partial charge in [-0.15, -0.1) is 0 Å². The Hall–Kier alpha value is -0.0800. The molecule has 13 heavy (non-hydrogen) atoms. The van der Waals surface area contributed by atoms with E-state index in [9.17, 15) is 0 Å². The minimum atomic E-state index is 0.724. The number of hydrogen-bond donors (Lipinski definition) is 1. The van der Waals surface area contributed by atoms with E-state index >= 15 is 0 Å². The van der Waals surface area contributed by atoms with Crippen molar-refractivity contribution in [1.82, 2.24) is 5.32 Å². The highest BCUT2D eigenvalue weighted by Crippen LogP contribution is 2.33. The Kier molecular flexibility index (Phi) is 5.40. The summed E-state index contributed by atoms with van der Waals surface area (Å²) in [5.74, 6) is 0.949. The van der Waals surface area contributed by atoms with Crippen LogP contribution >= 0.6 is 0 Å². The molecule has 0 spiro atoms. The van der Waals surface area contributed by atoms with Gasteiger partial charge in [0.25, 0.3) is 0 Å². The van der Waals surface area contributed by atoms with E-state index in [1.54, 1.807) is 0 Å². The lowest BCUT2D eigenvalue weighted by molar-refractivity contribution is 0.122. The van der Waals surface area contributed by atoms with Gasteiger partial charge in [-0.3, -0.25) is 0 Å². The normalized spacial score (nSPS) is 18.9. The van der Waals surface area contributed by atoms with E-state index in [0.29, 0.717) is 0 Å². The largest absolute Gasteiger partial charge is 0.381 e. The first-order chi connectivity index (χ1) is 6.38. The third-order valence-corrected chi connectivity index (χ3v) is 2.58. The van der Waals surface area contributed by atoms with Gasteiger partial charge in [-0.2, -0.15) is 0 Å². The van der Waals surface area contributed by atoms with Crippen molar-refractivity contribution in [3.05, 3.63) is 0 Å². The van der Waals surface area contributed by atoms with Gasteiger partial charge in [0.2, 0.25) is 0 Å². The van der Waals surface area contributed by atoms with Crippen LogP contribution in [0, 0.1) is 5.92 Å². The van der Waals surface area contributed by atoms with Gasteiger partial charge in [-0.25, -0.2) is 0 Å². The third-order valence-electron chi connectivity index (χ3n) is 2.58. The Balaban J connectivity index is 2.00. The summed E-state index contributed by atoms with van der Waals surface area (Å²) < 4.78 is 5.50. The van der Waals surface area contributed by atoms with E-state index < -0.39 is 0 Å². The molecule has 0 aromatic rings. The average molecular weight is 185 g/mol. The van der Waals surface area contributed by atoms with E-state index in [1.165, 1.54) is 19.3 Å². The van der Waals surface area contributed by atoms with Crippen LogP contribution in [-0.2, 0) is 4.74 Å². The fourth-order valence-electron chi connectivity index (χ4n) is 1.72. The predicted octanol–water partition coefficient (Wildman–Crippen LogP) is 2.19. The summed E-state index contributed by atoms with van der Waals surface area (Å²) in [5.41, 5.74) is 0. The standard InChI is InChI=1S/C11H23NO/c1-3-8-13-9-7-11(12-4-2)10-5-6-10/h10-12H,3-9H2,1-2H3. The first-order valence-electron chi connectivity index (χ1n) is 5.69. The summed E-state index contributed by atoms with van der Waals surface area (Å²) in [4.78, 5) is 0. The maximum Gasteiger partial charge on any atom is 0.0480 e. The summed E-state index contributed by atoms with van der Waals surface area (Å²) in [5, 5.41) is 3.54. The van der Waals surface area contributed by atoms with Crippen LogP contribution < -0.4 is 5.32 Å². The SMILES string of the molecule is CCCOCCC(NCC)C1CC1. The highest BCUT2D eigenvalue weighted by atomic mass is 16.5. The molecule has 1 unspecified atom stereocenters. The van der Waals surface area contributed by atoms with Crippen LogP contribution in [0.3, 0.4) is 0 Å². The summed E-state index contributed by atoms with van der Waals surface area (Å²) in [6.45, 7) is 7.28. The van der Waals surface area contributed by atoms with Crippen LogP contribution in [0.1, 0.15) is 39.5 Å². The second-order valence-electron chi connectivity index (χ2n) is 3.90. The van der Waals surface area contributed by atoms with E-state index in [-0.39, 0.29) is 0 Å². The maximum absolute atomic E-state index is 5.50. The molecule has 1 fully saturated rings. The molecule has 2 heteroatoms. The quantitative estimate of drug-likeness (QED) is 0.585. The van der Waals surface area contributed by atoms with Gasteiger partial charge in [0.15, 0.2) is 0 Å². The van der Waals surface area contributed by atoms with E-state index in [4.69, 9.17) is 4.74 Å². The molecule has 2 nitrogen and oxygen atoms in total. The smallest absolute Gasteiger partial charge is 0.0480 e. The van der Waals surface area contributed by atoms with Crippen LogP contribution in [0.5, 0.6) is 0 Å². The minimum absolute atomic E-state index is 0.724. The average Bonchev–Trinajstić information content (AvgIpc) is 2.93. The summed E-state index contributed by atoms with van der Waals surface area (Å²) in [6, 6.07) is 0.724. The summed E-state index contributed by atoms with van der Waals surface area (Å²) in [7, 11) is 0. The molecule has 1 rings (SSSR count). The molecule has 1 aliphatic carbocycles. The van der Waals surface area contributed by atoms with Crippen LogP contribution in [0.2, 0.25) is 0 Å². The lowest BCUT2D eigenvalue weighted by atomic mass is 10.1. The van der Waals surface area contributed by atoms with Crippen molar-refractivity contribution in [3.8, 4) is 0 Å².